The highest BCUT2D eigenvalue weighted by Crippen LogP contribution is 2.42. The van der Waals surface area contributed by atoms with E-state index in [1.54, 1.807) is 0 Å². The Bertz CT molecular complexity index is 651. The van der Waals surface area contributed by atoms with Crippen molar-refractivity contribution >= 4 is 57.4 Å². The number of hydrogen-bond acceptors (Lipinski definition) is 2. The van der Waals surface area contributed by atoms with Crippen LogP contribution in [0.15, 0.2) is 18.2 Å². The second-order valence-corrected chi connectivity index (χ2v) is 7.03. The molecule has 0 radical (unpaired) electrons. The predicted molar refractivity (Wildman–Crippen MR) is 91.0 cm³/mol. The summed E-state index contributed by atoms with van der Waals surface area (Å²) in [6.07, 6.45) is 2.85. The smallest absolute Gasteiger partial charge is 0.146 e. The van der Waals surface area contributed by atoms with Crippen LogP contribution in [0.25, 0.3) is 0 Å². The number of rotatable bonds is 3. The number of halogens is 4. The van der Waals surface area contributed by atoms with Crippen LogP contribution in [0.5, 0.6) is 0 Å². The van der Waals surface area contributed by atoms with Crippen molar-refractivity contribution < 1.29 is 0 Å². The van der Waals surface area contributed by atoms with Gasteiger partial charge in [-0.15, -0.1) is 0 Å². The molecule has 0 atom stereocenters. The lowest BCUT2D eigenvalue weighted by Gasteiger charge is -2.09. The first-order chi connectivity index (χ1) is 9.56. The van der Waals surface area contributed by atoms with Crippen LogP contribution >= 0.6 is 57.4 Å². The molecule has 20 heavy (non-hydrogen) atoms. The summed E-state index contributed by atoms with van der Waals surface area (Å²) >= 11 is 20.8. The lowest BCUT2D eigenvalue weighted by atomic mass is 10.1. The molecule has 6 heteroatoms. The van der Waals surface area contributed by atoms with Gasteiger partial charge in [-0.25, -0.2) is 9.97 Å². The van der Waals surface area contributed by atoms with Gasteiger partial charge in [0.05, 0.1) is 9.26 Å². The van der Waals surface area contributed by atoms with Gasteiger partial charge in [0.2, 0.25) is 0 Å². The molecule has 0 aliphatic heterocycles. The van der Waals surface area contributed by atoms with E-state index in [-0.39, 0.29) is 0 Å². The summed E-state index contributed by atoms with van der Waals surface area (Å²) in [6, 6.07) is 5.46. The van der Waals surface area contributed by atoms with Gasteiger partial charge in [0.25, 0.3) is 0 Å². The quantitative estimate of drug-likeness (QED) is 0.466. The largest absolute Gasteiger partial charge is 0.236 e. The van der Waals surface area contributed by atoms with Gasteiger partial charge in [-0.05, 0) is 53.1 Å². The first-order valence-corrected chi connectivity index (χ1v) is 8.42. The third-order valence-electron chi connectivity index (χ3n) is 3.24. The third-order valence-corrected chi connectivity index (χ3v) is 5.61. The van der Waals surface area contributed by atoms with E-state index in [2.05, 4.69) is 32.6 Å². The molecule has 1 aromatic carbocycles. The van der Waals surface area contributed by atoms with Gasteiger partial charge < -0.3 is 0 Å². The van der Waals surface area contributed by atoms with Crippen molar-refractivity contribution in [3.63, 3.8) is 0 Å². The van der Waals surface area contributed by atoms with Crippen molar-refractivity contribution in [3.8, 4) is 0 Å². The molecule has 1 saturated carbocycles. The minimum atomic E-state index is 0.495. The Morgan fingerprint density at radius 2 is 1.75 bits per heavy atom. The lowest BCUT2D eigenvalue weighted by Crippen LogP contribution is -2.04. The Morgan fingerprint density at radius 1 is 1.10 bits per heavy atom. The van der Waals surface area contributed by atoms with Gasteiger partial charge in [0.15, 0.2) is 0 Å². The van der Waals surface area contributed by atoms with Gasteiger partial charge in [0, 0.05) is 22.4 Å². The third kappa shape index (κ3) is 3.06. The number of aromatic nitrogens is 2. The SMILES string of the molecule is Clc1cccc(Cl)c1Cc1nc(Cl)c(I)c(C2CC2)n1. The molecule has 1 aliphatic rings. The normalized spacial score (nSPS) is 14.6. The van der Waals surface area contributed by atoms with Crippen LogP contribution in [0.2, 0.25) is 15.2 Å². The zero-order chi connectivity index (χ0) is 14.3. The van der Waals surface area contributed by atoms with Gasteiger partial charge >= 0.3 is 0 Å². The molecule has 3 rings (SSSR count). The predicted octanol–water partition coefficient (Wildman–Crippen LogP) is 5.51. The fraction of sp³-hybridized carbons (Fsp3) is 0.286. The molecule has 0 unspecified atom stereocenters. The van der Waals surface area contributed by atoms with Crippen LogP contribution in [0, 0.1) is 3.57 Å². The summed E-state index contributed by atoms with van der Waals surface area (Å²) in [5.74, 6) is 1.20. The Labute approximate surface area is 146 Å². The maximum Gasteiger partial charge on any atom is 0.146 e. The van der Waals surface area contributed by atoms with E-state index in [4.69, 9.17) is 34.8 Å². The Morgan fingerprint density at radius 3 is 2.35 bits per heavy atom. The topological polar surface area (TPSA) is 25.8 Å². The second kappa shape index (κ2) is 5.95. The van der Waals surface area contributed by atoms with Crippen LogP contribution in [-0.4, -0.2) is 9.97 Å². The molecular formula is C14H10Cl3IN2. The molecule has 2 nitrogen and oxygen atoms in total. The second-order valence-electron chi connectivity index (χ2n) is 4.78. The average molecular weight is 440 g/mol. The van der Waals surface area contributed by atoms with Crippen molar-refractivity contribution in [2.75, 3.05) is 0 Å². The van der Waals surface area contributed by atoms with Crippen LogP contribution in [0.4, 0.5) is 0 Å². The van der Waals surface area contributed by atoms with Gasteiger partial charge in [0.1, 0.15) is 11.0 Å². The van der Waals surface area contributed by atoms with Crippen LogP contribution in [-0.2, 0) is 6.42 Å². The number of hydrogen-bond donors (Lipinski definition) is 0. The first kappa shape index (κ1) is 14.8. The molecule has 1 fully saturated rings. The molecule has 0 amide bonds. The van der Waals surface area contributed by atoms with E-state index in [0.29, 0.717) is 33.4 Å². The van der Waals surface area contributed by atoms with Crippen molar-refractivity contribution in [2.24, 2.45) is 0 Å². The molecule has 0 saturated heterocycles. The Kier molecular flexibility index (Phi) is 4.41. The van der Waals surface area contributed by atoms with Crippen molar-refractivity contribution in [3.05, 3.63) is 54.0 Å². The molecule has 0 N–H and O–H groups in total. The number of nitrogens with zero attached hydrogens (tertiary/aromatic N) is 2. The molecule has 2 aromatic rings. The molecule has 1 aromatic heterocycles. The van der Waals surface area contributed by atoms with Gasteiger partial charge in [-0.3, -0.25) is 0 Å². The van der Waals surface area contributed by atoms with E-state index in [9.17, 15) is 0 Å². The van der Waals surface area contributed by atoms with Crippen LogP contribution in [0.1, 0.15) is 35.8 Å². The Balaban J connectivity index is 1.99. The number of benzene rings is 1. The first-order valence-electron chi connectivity index (χ1n) is 6.21. The molecule has 1 heterocycles. The molecular weight excluding hydrogens is 429 g/mol. The minimum absolute atomic E-state index is 0.495. The van der Waals surface area contributed by atoms with Crippen molar-refractivity contribution in [2.45, 2.75) is 25.2 Å². The summed E-state index contributed by atoms with van der Waals surface area (Å²) in [6.45, 7) is 0. The van der Waals surface area contributed by atoms with Gasteiger partial charge in [-0.2, -0.15) is 0 Å². The van der Waals surface area contributed by atoms with E-state index in [1.807, 2.05) is 18.2 Å². The van der Waals surface area contributed by atoms with Crippen molar-refractivity contribution in [1.82, 2.24) is 9.97 Å². The summed E-state index contributed by atoms with van der Waals surface area (Å²) in [5, 5.41) is 1.77. The summed E-state index contributed by atoms with van der Waals surface area (Å²) in [4.78, 5) is 9.00. The highest BCUT2D eigenvalue weighted by molar-refractivity contribution is 14.1. The van der Waals surface area contributed by atoms with Crippen LogP contribution < -0.4 is 0 Å². The van der Waals surface area contributed by atoms with E-state index >= 15 is 0 Å². The van der Waals surface area contributed by atoms with E-state index in [0.717, 1.165) is 14.8 Å². The standard InChI is InChI=1S/C14H10Cl3IN2/c15-9-2-1-3-10(16)8(9)6-11-19-13(7-4-5-7)12(18)14(17)20-11/h1-3,7H,4-6H2. The van der Waals surface area contributed by atoms with Crippen LogP contribution in [0.3, 0.4) is 0 Å². The maximum atomic E-state index is 6.21. The summed E-state index contributed by atoms with van der Waals surface area (Å²) < 4.78 is 0.959. The molecule has 0 spiro atoms. The molecule has 1 aliphatic carbocycles. The van der Waals surface area contributed by atoms with E-state index in [1.165, 1.54) is 12.8 Å². The summed E-state index contributed by atoms with van der Waals surface area (Å²) in [7, 11) is 0. The van der Waals surface area contributed by atoms with Crippen molar-refractivity contribution in [1.29, 1.82) is 0 Å². The zero-order valence-corrected chi connectivity index (χ0v) is 14.8. The average Bonchev–Trinajstić information content (AvgIpc) is 3.22. The fourth-order valence-corrected chi connectivity index (χ4v) is 3.45. The zero-order valence-electron chi connectivity index (χ0n) is 10.3. The Hall–Kier alpha value is -0.100. The molecule has 0 bridgehead atoms. The van der Waals surface area contributed by atoms with Gasteiger partial charge in [-0.1, -0.05) is 40.9 Å². The summed E-state index contributed by atoms with van der Waals surface area (Å²) in [5.41, 5.74) is 1.90. The molecule has 104 valence electrons. The fourth-order valence-electron chi connectivity index (χ4n) is 2.05. The monoisotopic (exact) mass is 438 g/mol. The minimum Gasteiger partial charge on any atom is -0.236 e. The highest BCUT2D eigenvalue weighted by Gasteiger charge is 2.29. The van der Waals surface area contributed by atoms with E-state index < -0.39 is 0 Å². The lowest BCUT2D eigenvalue weighted by molar-refractivity contribution is 0.889. The highest BCUT2D eigenvalue weighted by atomic mass is 127. The maximum absolute atomic E-state index is 6.21.